The van der Waals surface area contributed by atoms with Gasteiger partial charge in [0.2, 0.25) is 0 Å². The molecule has 228 valence electrons. The molecule has 2 aliphatic rings. The van der Waals surface area contributed by atoms with Gasteiger partial charge < -0.3 is 13.9 Å². The first kappa shape index (κ1) is 29.8. The van der Waals surface area contributed by atoms with Crippen LogP contribution in [0.1, 0.15) is 32.6 Å². The summed E-state index contributed by atoms with van der Waals surface area (Å²) < 4.78 is 20.7. The summed E-state index contributed by atoms with van der Waals surface area (Å²) in [5.41, 5.74) is -0.354. The number of carbonyl (C=O) groups excluding carboxylic acids is 1. The van der Waals surface area contributed by atoms with Gasteiger partial charge in [0.15, 0.2) is 12.3 Å². The van der Waals surface area contributed by atoms with E-state index in [-0.39, 0.29) is 18.3 Å². The molecule has 0 bridgehead atoms. The lowest BCUT2D eigenvalue weighted by molar-refractivity contribution is -0.169. The Hall–Kier alpha value is -4.29. The third kappa shape index (κ3) is 5.43. The summed E-state index contributed by atoms with van der Waals surface area (Å²) in [7, 11) is -2.96. The zero-order valence-corrected chi connectivity index (χ0v) is 25.8. The largest absolute Gasteiger partial charge is 0.439 e. The van der Waals surface area contributed by atoms with Gasteiger partial charge in [-0.15, -0.1) is 0 Å². The van der Waals surface area contributed by atoms with Crippen molar-refractivity contribution >= 4 is 24.8 Å². The van der Waals surface area contributed by atoms with Crippen LogP contribution in [-0.4, -0.2) is 53.9 Å². The smallest absolute Gasteiger partial charge is 0.434 e. The number of benzene rings is 3. The Morgan fingerprint density at radius 3 is 2.00 bits per heavy atom. The molecule has 11 heteroatoms. The summed E-state index contributed by atoms with van der Waals surface area (Å²) >= 11 is 0. The van der Waals surface area contributed by atoms with Crippen LogP contribution in [0.3, 0.4) is 0 Å². The van der Waals surface area contributed by atoms with Gasteiger partial charge in [0.05, 0.1) is 6.61 Å². The van der Waals surface area contributed by atoms with Gasteiger partial charge in [0.25, 0.3) is 13.9 Å². The van der Waals surface area contributed by atoms with Crippen molar-refractivity contribution in [1.29, 1.82) is 0 Å². The minimum atomic E-state index is -2.96. The van der Waals surface area contributed by atoms with E-state index in [9.17, 15) is 14.4 Å². The Balaban J connectivity index is 1.36. The van der Waals surface area contributed by atoms with E-state index >= 15 is 0 Å². The van der Waals surface area contributed by atoms with E-state index in [1.165, 1.54) is 16.8 Å². The summed E-state index contributed by atoms with van der Waals surface area (Å²) in [6.45, 7) is 6.72. The van der Waals surface area contributed by atoms with Gasteiger partial charge >= 0.3 is 11.8 Å². The number of rotatable bonds is 9. The second-order valence-electron chi connectivity index (χ2n) is 12.0. The predicted molar refractivity (Wildman–Crippen MR) is 166 cm³/mol. The SMILES string of the molecule is CC(C)(C)[Si](OC[C@H]1O[C@@H](n2ccc(=O)[nH]c2=O)[C@H]2[C@@H]1OC(=O)N2OCc1ccccc1)(c1ccccc1)c1ccccc1. The molecule has 3 aromatic carbocycles. The maximum absolute atomic E-state index is 13.2. The third-order valence-electron chi connectivity index (χ3n) is 8.22. The molecule has 0 aliphatic carbocycles. The van der Waals surface area contributed by atoms with E-state index in [0.29, 0.717) is 0 Å². The second kappa shape index (κ2) is 12.0. The highest BCUT2D eigenvalue weighted by molar-refractivity contribution is 6.99. The molecule has 3 heterocycles. The van der Waals surface area contributed by atoms with Gasteiger partial charge in [-0.2, -0.15) is 5.06 Å². The number of aromatic amines is 1. The van der Waals surface area contributed by atoms with Crippen molar-refractivity contribution in [3.05, 3.63) is 130 Å². The Labute approximate surface area is 255 Å². The van der Waals surface area contributed by atoms with Crippen LogP contribution in [0, 0.1) is 0 Å². The number of H-pyrrole nitrogens is 1. The van der Waals surface area contributed by atoms with Crippen LogP contribution in [0.5, 0.6) is 0 Å². The number of nitrogens with zero attached hydrogens (tertiary/aromatic N) is 2. The molecule has 0 unspecified atom stereocenters. The fourth-order valence-electron chi connectivity index (χ4n) is 6.22. The zero-order chi connectivity index (χ0) is 30.9. The van der Waals surface area contributed by atoms with Crippen LogP contribution < -0.4 is 21.6 Å². The number of amides is 1. The Morgan fingerprint density at radius 2 is 1.43 bits per heavy atom. The van der Waals surface area contributed by atoms with Crippen LogP contribution in [0.25, 0.3) is 0 Å². The highest BCUT2D eigenvalue weighted by Gasteiger charge is 2.60. The Morgan fingerprint density at radius 1 is 0.841 bits per heavy atom. The summed E-state index contributed by atoms with van der Waals surface area (Å²) in [6.07, 6.45) is -1.87. The molecule has 6 rings (SSSR count). The van der Waals surface area contributed by atoms with Crippen molar-refractivity contribution in [2.75, 3.05) is 6.61 Å². The molecule has 1 aromatic heterocycles. The van der Waals surface area contributed by atoms with Crippen LogP contribution in [0.4, 0.5) is 4.79 Å². The third-order valence-corrected chi connectivity index (χ3v) is 13.2. The Kier molecular flexibility index (Phi) is 8.12. The van der Waals surface area contributed by atoms with Crippen LogP contribution in [0.15, 0.2) is 113 Å². The second-order valence-corrected chi connectivity index (χ2v) is 16.3. The average molecular weight is 614 g/mol. The quantitative estimate of drug-likeness (QED) is 0.288. The van der Waals surface area contributed by atoms with Gasteiger partial charge in [0, 0.05) is 12.3 Å². The first-order valence-corrected chi connectivity index (χ1v) is 16.5. The van der Waals surface area contributed by atoms with E-state index in [2.05, 4.69) is 50.0 Å². The molecule has 2 fully saturated rings. The molecule has 44 heavy (non-hydrogen) atoms. The highest BCUT2D eigenvalue weighted by atomic mass is 28.4. The number of fused-ring (bicyclic) bond motifs is 1. The number of aromatic nitrogens is 2. The normalized spacial score (nSPS) is 21.7. The summed E-state index contributed by atoms with van der Waals surface area (Å²) in [6, 6.07) is 30.2. The molecule has 1 N–H and O–H groups in total. The monoisotopic (exact) mass is 613 g/mol. The molecule has 1 amide bonds. The molecular weight excluding hydrogens is 578 g/mol. The van der Waals surface area contributed by atoms with E-state index < -0.39 is 50.1 Å². The highest BCUT2D eigenvalue weighted by Crippen LogP contribution is 2.42. The standard InChI is InChI=1S/C33H35N3O7Si/c1-33(2,3)44(24-15-9-5-10-16-24,25-17-11-6-12-18-25)41-22-26-29-28(30(42-26)35-20-19-27(37)34-31(35)38)36(32(39)43-29)40-21-23-13-7-4-8-14-23/h4-20,26,28-30H,21-22H2,1-3H3,(H,34,37,38)/t26-,28-,29-,30-/m1/s1. The van der Waals surface area contributed by atoms with Gasteiger partial charge in [-0.25, -0.2) is 9.59 Å². The molecule has 4 atom stereocenters. The van der Waals surface area contributed by atoms with Gasteiger partial charge in [-0.3, -0.25) is 19.2 Å². The molecule has 2 aliphatic heterocycles. The number of hydroxylamine groups is 2. The van der Waals surface area contributed by atoms with E-state index in [1.54, 1.807) is 0 Å². The predicted octanol–water partition coefficient (Wildman–Crippen LogP) is 3.33. The first-order valence-electron chi connectivity index (χ1n) is 14.6. The van der Waals surface area contributed by atoms with E-state index in [1.807, 2.05) is 66.7 Å². The number of hydrogen-bond donors (Lipinski definition) is 1. The number of nitrogens with one attached hydrogen (secondary N) is 1. The van der Waals surface area contributed by atoms with Crippen LogP contribution >= 0.6 is 0 Å². The lowest BCUT2D eigenvalue weighted by Gasteiger charge is -2.43. The van der Waals surface area contributed by atoms with Gasteiger partial charge in [0.1, 0.15) is 18.8 Å². The Bertz CT molecular complexity index is 1670. The van der Waals surface area contributed by atoms with E-state index in [4.69, 9.17) is 18.7 Å². The van der Waals surface area contributed by atoms with Crippen molar-refractivity contribution in [1.82, 2.24) is 14.6 Å². The molecule has 0 saturated carbocycles. The molecular formula is C33H35N3O7Si. The minimum Gasteiger partial charge on any atom is -0.439 e. The molecule has 2 saturated heterocycles. The minimum absolute atomic E-state index is 0.0862. The number of hydrogen-bond acceptors (Lipinski definition) is 7. The molecule has 10 nitrogen and oxygen atoms in total. The molecule has 0 radical (unpaired) electrons. The van der Waals surface area contributed by atoms with E-state index in [0.717, 1.165) is 21.0 Å². The van der Waals surface area contributed by atoms with Crippen LogP contribution in [-0.2, 0) is 25.3 Å². The fourth-order valence-corrected chi connectivity index (χ4v) is 10.8. The van der Waals surface area contributed by atoms with Crippen LogP contribution in [0.2, 0.25) is 5.04 Å². The first-order chi connectivity index (χ1) is 21.2. The van der Waals surface area contributed by atoms with Crippen molar-refractivity contribution < 1.29 is 23.5 Å². The molecule has 0 spiro atoms. The molecule has 4 aromatic rings. The van der Waals surface area contributed by atoms with Gasteiger partial charge in [-0.05, 0) is 21.0 Å². The summed E-state index contributed by atoms with van der Waals surface area (Å²) in [5, 5.41) is 3.04. The zero-order valence-electron chi connectivity index (χ0n) is 24.8. The van der Waals surface area contributed by atoms with Crippen molar-refractivity contribution in [2.24, 2.45) is 0 Å². The number of ether oxygens (including phenoxy) is 2. The summed E-state index contributed by atoms with van der Waals surface area (Å²) in [4.78, 5) is 46.3. The van der Waals surface area contributed by atoms with Gasteiger partial charge in [-0.1, -0.05) is 112 Å². The fraction of sp³-hybridized carbons (Fsp3) is 0.303. The number of carbonyl (C=O) groups is 1. The maximum Gasteiger partial charge on any atom is 0.434 e. The summed E-state index contributed by atoms with van der Waals surface area (Å²) in [5.74, 6) is 0. The topological polar surface area (TPSA) is 112 Å². The average Bonchev–Trinajstić information content (AvgIpc) is 3.52. The van der Waals surface area contributed by atoms with Crippen molar-refractivity contribution in [3.8, 4) is 0 Å². The van der Waals surface area contributed by atoms with Crippen molar-refractivity contribution in [2.45, 2.75) is 56.9 Å². The lowest BCUT2D eigenvalue weighted by Crippen LogP contribution is -2.67. The van der Waals surface area contributed by atoms with Crippen molar-refractivity contribution in [3.63, 3.8) is 0 Å². The maximum atomic E-state index is 13.2. The lowest BCUT2D eigenvalue weighted by atomic mass is 10.1.